The SMILES string of the molecule is COC[C@@H]1CCN(C(=O)c2cc(C)ccc2OC2CCN(Cc3ccncc3)CC2)C1. The zero-order chi connectivity index (χ0) is 21.6. The van der Waals surface area contributed by atoms with Crippen molar-refractivity contribution in [2.75, 3.05) is 39.9 Å². The lowest BCUT2D eigenvalue weighted by atomic mass is 10.1. The maximum absolute atomic E-state index is 13.3. The number of aromatic nitrogens is 1. The molecular formula is C25H33N3O3. The summed E-state index contributed by atoms with van der Waals surface area (Å²) >= 11 is 0. The largest absolute Gasteiger partial charge is 0.489 e. The number of pyridine rings is 1. The third-order valence-corrected chi connectivity index (χ3v) is 6.32. The van der Waals surface area contributed by atoms with Gasteiger partial charge in [-0.2, -0.15) is 0 Å². The third kappa shape index (κ3) is 5.63. The Morgan fingerprint density at radius 1 is 1.10 bits per heavy atom. The Hall–Kier alpha value is -2.44. The first kappa shape index (κ1) is 21.8. The molecule has 2 saturated heterocycles. The van der Waals surface area contributed by atoms with Gasteiger partial charge in [0.1, 0.15) is 11.9 Å². The molecule has 0 N–H and O–H groups in total. The van der Waals surface area contributed by atoms with Crippen LogP contribution in [0.2, 0.25) is 0 Å². The first-order valence-corrected chi connectivity index (χ1v) is 11.3. The second kappa shape index (κ2) is 10.2. The molecule has 0 unspecified atom stereocenters. The molecule has 2 fully saturated rings. The number of piperidine rings is 1. The fourth-order valence-corrected chi connectivity index (χ4v) is 4.58. The normalized spacial score (nSPS) is 20.2. The summed E-state index contributed by atoms with van der Waals surface area (Å²) in [7, 11) is 1.72. The summed E-state index contributed by atoms with van der Waals surface area (Å²) in [5.41, 5.74) is 3.06. The molecule has 1 aromatic heterocycles. The average molecular weight is 424 g/mol. The van der Waals surface area contributed by atoms with E-state index in [1.807, 2.05) is 42.4 Å². The summed E-state index contributed by atoms with van der Waals surface area (Å²) in [6, 6.07) is 10.1. The number of rotatable bonds is 7. The Bertz CT molecular complexity index is 866. The first-order chi connectivity index (χ1) is 15.1. The molecule has 2 aliphatic heterocycles. The standard InChI is InChI=1S/C25H33N3O3/c1-19-3-4-24(23(15-19)25(29)28-14-7-21(17-28)18-30-2)31-22-8-12-27(13-9-22)16-20-5-10-26-11-6-20/h3-6,10-11,15,21-22H,7-9,12-14,16-18H2,1-2H3/t21-/m1/s1. The molecule has 0 saturated carbocycles. The summed E-state index contributed by atoms with van der Waals surface area (Å²) < 4.78 is 11.7. The Balaban J connectivity index is 1.36. The van der Waals surface area contributed by atoms with Crippen LogP contribution < -0.4 is 4.74 Å². The number of carbonyl (C=O) groups is 1. The number of methoxy groups -OCH3 is 1. The predicted octanol–water partition coefficient (Wildman–Crippen LogP) is 3.54. The summed E-state index contributed by atoms with van der Waals surface area (Å²) in [5, 5.41) is 0. The highest BCUT2D eigenvalue weighted by molar-refractivity contribution is 5.97. The highest BCUT2D eigenvalue weighted by Crippen LogP contribution is 2.28. The van der Waals surface area contributed by atoms with Crippen LogP contribution in [0.3, 0.4) is 0 Å². The van der Waals surface area contributed by atoms with E-state index in [9.17, 15) is 4.79 Å². The quantitative estimate of drug-likeness (QED) is 0.682. The van der Waals surface area contributed by atoms with Crippen molar-refractivity contribution < 1.29 is 14.3 Å². The van der Waals surface area contributed by atoms with E-state index < -0.39 is 0 Å². The molecule has 4 rings (SSSR count). The smallest absolute Gasteiger partial charge is 0.257 e. The van der Waals surface area contributed by atoms with E-state index in [-0.39, 0.29) is 12.0 Å². The number of ether oxygens (including phenoxy) is 2. The van der Waals surface area contributed by atoms with Gasteiger partial charge in [-0.3, -0.25) is 14.7 Å². The van der Waals surface area contributed by atoms with E-state index in [0.717, 1.165) is 63.3 Å². The number of carbonyl (C=O) groups excluding carboxylic acids is 1. The minimum Gasteiger partial charge on any atom is -0.489 e. The van der Waals surface area contributed by atoms with Crippen molar-refractivity contribution in [1.82, 2.24) is 14.8 Å². The minimum absolute atomic E-state index is 0.0763. The zero-order valence-electron chi connectivity index (χ0n) is 18.6. The number of benzene rings is 1. The first-order valence-electron chi connectivity index (χ1n) is 11.3. The lowest BCUT2D eigenvalue weighted by molar-refractivity contribution is 0.0749. The molecule has 166 valence electrons. The van der Waals surface area contributed by atoms with E-state index in [1.54, 1.807) is 7.11 Å². The molecule has 1 amide bonds. The van der Waals surface area contributed by atoms with E-state index >= 15 is 0 Å². The Morgan fingerprint density at radius 2 is 1.87 bits per heavy atom. The van der Waals surface area contributed by atoms with Crippen LogP contribution in [0.4, 0.5) is 0 Å². The summed E-state index contributed by atoms with van der Waals surface area (Å²) in [6.07, 6.45) is 6.76. The van der Waals surface area contributed by atoms with Crippen molar-refractivity contribution >= 4 is 5.91 Å². The highest BCUT2D eigenvalue weighted by atomic mass is 16.5. The highest BCUT2D eigenvalue weighted by Gasteiger charge is 2.29. The molecule has 0 radical (unpaired) electrons. The van der Waals surface area contributed by atoms with E-state index in [1.165, 1.54) is 5.56 Å². The zero-order valence-corrected chi connectivity index (χ0v) is 18.6. The summed E-state index contributed by atoms with van der Waals surface area (Å²) in [5.74, 6) is 1.22. The maximum atomic E-state index is 13.3. The van der Waals surface area contributed by atoms with Crippen molar-refractivity contribution in [2.24, 2.45) is 5.92 Å². The molecule has 0 spiro atoms. The van der Waals surface area contributed by atoms with Gasteiger partial charge < -0.3 is 14.4 Å². The fourth-order valence-electron chi connectivity index (χ4n) is 4.58. The average Bonchev–Trinajstić information content (AvgIpc) is 3.25. The van der Waals surface area contributed by atoms with E-state index in [2.05, 4.69) is 22.0 Å². The van der Waals surface area contributed by atoms with Gasteiger partial charge >= 0.3 is 0 Å². The van der Waals surface area contributed by atoms with Crippen LogP contribution in [0.15, 0.2) is 42.7 Å². The number of hydrogen-bond donors (Lipinski definition) is 0. The van der Waals surface area contributed by atoms with Gasteiger partial charge in [0.2, 0.25) is 0 Å². The molecule has 31 heavy (non-hydrogen) atoms. The van der Waals surface area contributed by atoms with Crippen LogP contribution in [-0.2, 0) is 11.3 Å². The van der Waals surface area contributed by atoms with Crippen molar-refractivity contribution in [1.29, 1.82) is 0 Å². The number of likely N-dealkylation sites (tertiary alicyclic amines) is 2. The Morgan fingerprint density at radius 3 is 2.61 bits per heavy atom. The molecular weight excluding hydrogens is 390 g/mol. The van der Waals surface area contributed by atoms with Crippen molar-refractivity contribution in [3.05, 3.63) is 59.4 Å². The van der Waals surface area contributed by atoms with Crippen LogP contribution >= 0.6 is 0 Å². The molecule has 2 aromatic rings. The lowest BCUT2D eigenvalue weighted by Crippen LogP contribution is -2.38. The molecule has 6 heteroatoms. The van der Waals surface area contributed by atoms with Gasteiger partial charge in [0, 0.05) is 58.1 Å². The van der Waals surface area contributed by atoms with Gasteiger partial charge in [0.25, 0.3) is 5.91 Å². The second-order valence-electron chi connectivity index (χ2n) is 8.81. The molecule has 1 aromatic carbocycles. The second-order valence-corrected chi connectivity index (χ2v) is 8.81. The molecule has 3 heterocycles. The van der Waals surface area contributed by atoms with Gasteiger partial charge in [-0.05, 0) is 56.0 Å². The molecule has 0 aliphatic carbocycles. The number of nitrogens with zero attached hydrogens (tertiary/aromatic N) is 3. The van der Waals surface area contributed by atoms with Crippen LogP contribution in [0, 0.1) is 12.8 Å². The third-order valence-electron chi connectivity index (χ3n) is 6.32. The number of hydrogen-bond acceptors (Lipinski definition) is 5. The maximum Gasteiger partial charge on any atom is 0.257 e. The molecule has 2 aliphatic rings. The van der Waals surface area contributed by atoms with Crippen LogP contribution in [0.25, 0.3) is 0 Å². The lowest BCUT2D eigenvalue weighted by Gasteiger charge is -2.32. The van der Waals surface area contributed by atoms with Crippen LogP contribution in [0.1, 0.15) is 40.7 Å². The molecule has 1 atom stereocenters. The fraction of sp³-hybridized carbons (Fsp3) is 0.520. The molecule has 0 bridgehead atoms. The van der Waals surface area contributed by atoms with Gasteiger partial charge in [-0.1, -0.05) is 11.6 Å². The van der Waals surface area contributed by atoms with Crippen molar-refractivity contribution in [3.63, 3.8) is 0 Å². The summed E-state index contributed by atoms with van der Waals surface area (Å²) in [6.45, 7) is 7.21. The Kier molecular flexibility index (Phi) is 7.20. The van der Waals surface area contributed by atoms with Gasteiger partial charge in [0.05, 0.1) is 12.2 Å². The summed E-state index contributed by atoms with van der Waals surface area (Å²) in [4.78, 5) is 21.8. The van der Waals surface area contributed by atoms with E-state index in [0.29, 0.717) is 18.1 Å². The van der Waals surface area contributed by atoms with Crippen LogP contribution in [0.5, 0.6) is 5.75 Å². The van der Waals surface area contributed by atoms with Crippen molar-refractivity contribution in [2.45, 2.75) is 38.8 Å². The van der Waals surface area contributed by atoms with Gasteiger partial charge in [-0.25, -0.2) is 0 Å². The Labute approximate surface area is 185 Å². The number of aryl methyl sites for hydroxylation is 1. The minimum atomic E-state index is 0.0763. The van der Waals surface area contributed by atoms with Gasteiger partial charge in [0.15, 0.2) is 0 Å². The predicted molar refractivity (Wildman–Crippen MR) is 120 cm³/mol. The monoisotopic (exact) mass is 423 g/mol. The number of amides is 1. The van der Waals surface area contributed by atoms with Crippen molar-refractivity contribution in [3.8, 4) is 5.75 Å². The van der Waals surface area contributed by atoms with Crippen LogP contribution in [-0.4, -0.2) is 66.7 Å². The molecule has 6 nitrogen and oxygen atoms in total. The van der Waals surface area contributed by atoms with E-state index in [4.69, 9.17) is 9.47 Å². The topological polar surface area (TPSA) is 54.9 Å². The van der Waals surface area contributed by atoms with Gasteiger partial charge in [-0.15, -0.1) is 0 Å².